The van der Waals surface area contributed by atoms with Crippen molar-refractivity contribution in [3.63, 3.8) is 0 Å². The average Bonchev–Trinajstić information content (AvgIpc) is 2.41. The van der Waals surface area contributed by atoms with E-state index in [1.54, 1.807) is 0 Å². The van der Waals surface area contributed by atoms with E-state index in [1.165, 1.54) is 5.56 Å². The maximum absolute atomic E-state index is 10.2. The molecular formula is C18H29NO2. The SMILES string of the molecule is C=C(C)CN(CC)C[C@@H](O)COc1c(C)ccc(C)c1C. The predicted molar refractivity (Wildman–Crippen MR) is 89.1 cm³/mol. The number of aliphatic hydroxyl groups is 1. The molecule has 1 aromatic carbocycles. The third-order valence-corrected chi connectivity index (χ3v) is 3.70. The minimum absolute atomic E-state index is 0.317. The third-order valence-electron chi connectivity index (χ3n) is 3.70. The van der Waals surface area contributed by atoms with E-state index in [0.717, 1.165) is 35.5 Å². The topological polar surface area (TPSA) is 32.7 Å². The van der Waals surface area contributed by atoms with Crippen molar-refractivity contribution in [3.8, 4) is 5.75 Å². The molecule has 118 valence electrons. The Hall–Kier alpha value is -1.32. The minimum atomic E-state index is -0.497. The first-order valence-electron chi connectivity index (χ1n) is 7.59. The predicted octanol–water partition coefficient (Wildman–Crippen LogP) is 3.25. The van der Waals surface area contributed by atoms with Crippen molar-refractivity contribution in [1.82, 2.24) is 4.90 Å². The molecule has 0 amide bonds. The van der Waals surface area contributed by atoms with Gasteiger partial charge in [0.25, 0.3) is 0 Å². The lowest BCUT2D eigenvalue weighted by Gasteiger charge is -2.24. The Kier molecular flexibility index (Phi) is 6.93. The van der Waals surface area contributed by atoms with Gasteiger partial charge in [0, 0.05) is 13.1 Å². The number of benzene rings is 1. The summed E-state index contributed by atoms with van der Waals surface area (Å²) in [4.78, 5) is 2.17. The summed E-state index contributed by atoms with van der Waals surface area (Å²) in [5.74, 6) is 0.900. The Morgan fingerprint density at radius 3 is 2.48 bits per heavy atom. The summed E-state index contributed by atoms with van der Waals surface area (Å²) in [6.07, 6.45) is -0.497. The molecule has 21 heavy (non-hydrogen) atoms. The van der Waals surface area contributed by atoms with Crippen molar-refractivity contribution < 1.29 is 9.84 Å². The Morgan fingerprint density at radius 2 is 1.90 bits per heavy atom. The highest BCUT2D eigenvalue weighted by atomic mass is 16.5. The lowest BCUT2D eigenvalue weighted by atomic mass is 10.1. The molecule has 0 spiro atoms. The van der Waals surface area contributed by atoms with E-state index in [-0.39, 0.29) is 0 Å². The van der Waals surface area contributed by atoms with Crippen LogP contribution in [0.5, 0.6) is 5.75 Å². The Bertz CT molecular complexity index is 482. The lowest BCUT2D eigenvalue weighted by molar-refractivity contribution is 0.0723. The number of ether oxygens (including phenoxy) is 1. The first-order chi connectivity index (χ1) is 9.85. The zero-order valence-corrected chi connectivity index (χ0v) is 14.1. The highest BCUT2D eigenvalue weighted by molar-refractivity contribution is 5.44. The van der Waals surface area contributed by atoms with E-state index in [4.69, 9.17) is 4.74 Å². The monoisotopic (exact) mass is 291 g/mol. The maximum atomic E-state index is 10.2. The highest BCUT2D eigenvalue weighted by Gasteiger charge is 2.13. The van der Waals surface area contributed by atoms with Gasteiger partial charge in [0.1, 0.15) is 18.5 Å². The van der Waals surface area contributed by atoms with Crippen LogP contribution in [0.25, 0.3) is 0 Å². The molecule has 0 aliphatic rings. The van der Waals surface area contributed by atoms with Crippen LogP contribution in [0.15, 0.2) is 24.3 Å². The van der Waals surface area contributed by atoms with Gasteiger partial charge in [-0.2, -0.15) is 0 Å². The number of aryl methyl sites for hydroxylation is 2. The molecule has 0 radical (unpaired) electrons. The molecule has 1 N–H and O–H groups in total. The standard InChI is InChI=1S/C18H29NO2/c1-7-19(10-13(2)3)11-17(20)12-21-18-15(5)9-8-14(4)16(18)6/h8-9,17,20H,2,7,10-12H2,1,3-6H3/t17-/m1/s1. The summed E-state index contributed by atoms with van der Waals surface area (Å²) >= 11 is 0. The summed E-state index contributed by atoms with van der Waals surface area (Å²) in [5.41, 5.74) is 4.58. The van der Waals surface area contributed by atoms with E-state index in [2.05, 4.69) is 44.4 Å². The first kappa shape index (κ1) is 17.7. The molecule has 1 rings (SSSR count). The number of likely N-dealkylation sites (N-methyl/N-ethyl adjacent to an activating group) is 1. The van der Waals surface area contributed by atoms with Crippen LogP contribution in [0.2, 0.25) is 0 Å². The first-order valence-corrected chi connectivity index (χ1v) is 7.59. The molecule has 3 heteroatoms. The van der Waals surface area contributed by atoms with Crippen LogP contribution in [-0.4, -0.2) is 42.4 Å². The summed E-state index contributed by atoms with van der Waals surface area (Å²) in [7, 11) is 0. The average molecular weight is 291 g/mol. The van der Waals surface area contributed by atoms with E-state index < -0.39 is 6.10 Å². The van der Waals surface area contributed by atoms with Gasteiger partial charge in [0.2, 0.25) is 0 Å². The Labute approximate surface area is 129 Å². The van der Waals surface area contributed by atoms with Gasteiger partial charge < -0.3 is 9.84 Å². The largest absolute Gasteiger partial charge is 0.490 e. The number of aliphatic hydroxyl groups excluding tert-OH is 1. The van der Waals surface area contributed by atoms with E-state index >= 15 is 0 Å². The number of hydrogen-bond donors (Lipinski definition) is 1. The smallest absolute Gasteiger partial charge is 0.125 e. The normalized spacial score (nSPS) is 12.5. The van der Waals surface area contributed by atoms with Crippen molar-refractivity contribution in [2.45, 2.75) is 40.7 Å². The fourth-order valence-electron chi connectivity index (χ4n) is 2.37. The van der Waals surface area contributed by atoms with Crippen LogP contribution >= 0.6 is 0 Å². The van der Waals surface area contributed by atoms with Crippen LogP contribution in [0, 0.1) is 20.8 Å². The van der Waals surface area contributed by atoms with Crippen molar-refractivity contribution >= 4 is 0 Å². The van der Waals surface area contributed by atoms with Gasteiger partial charge in [-0.05, 0) is 50.9 Å². The van der Waals surface area contributed by atoms with Crippen LogP contribution in [0.3, 0.4) is 0 Å². The number of nitrogens with zero attached hydrogens (tertiary/aromatic N) is 1. The maximum Gasteiger partial charge on any atom is 0.125 e. The van der Waals surface area contributed by atoms with Gasteiger partial charge in [-0.15, -0.1) is 0 Å². The van der Waals surface area contributed by atoms with Gasteiger partial charge >= 0.3 is 0 Å². The van der Waals surface area contributed by atoms with E-state index in [0.29, 0.717) is 13.2 Å². The second kappa shape index (κ2) is 8.20. The lowest BCUT2D eigenvalue weighted by Crippen LogP contribution is -2.36. The van der Waals surface area contributed by atoms with Crippen LogP contribution in [0.1, 0.15) is 30.5 Å². The molecule has 1 atom stereocenters. The van der Waals surface area contributed by atoms with Gasteiger partial charge in [0.05, 0.1) is 0 Å². The molecule has 1 aromatic rings. The molecule has 0 heterocycles. The van der Waals surface area contributed by atoms with Crippen molar-refractivity contribution in [3.05, 3.63) is 41.0 Å². The number of rotatable bonds is 8. The molecular weight excluding hydrogens is 262 g/mol. The summed E-state index contributed by atoms with van der Waals surface area (Å²) < 4.78 is 5.86. The van der Waals surface area contributed by atoms with Crippen molar-refractivity contribution in [1.29, 1.82) is 0 Å². The van der Waals surface area contributed by atoms with E-state index in [1.807, 2.05) is 13.8 Å². The van der Waals surface area contributed by atoms with Gasteiger partial charge in [0.15, 0.2) is 0 Å². The molecule has 0 bridgehead atoms. The van der Waals surface area contributed by atoms with Gasteiger partial charge in [-0.1, -0.05) is 31.2 Å². The van der Waals surface area contributed by atoms with Crippen molar-refractivity contribution in [2.75, 3.05) is 26.2 Å². The molecule has 3 nitrogen and oxygen atoms in total. The number of hydrogen-bond acceptors (Lipinski definition) is 3. The van der Waals surface area contributed by atoms with Gasteiger partial charge in [-0.3, -0.25) is 4.90 Å². The third kappa shape index (κ3) is 5.52. The molecule has 0 fully saturated rings. The van der Waals surface area contributed by atoms with Crippen LogP contribution in [-0.2, 0) is 0 Å². The zero-order valence-electron chi connectivity index (χ0n) is 14.1. The molecule has 0 saturated heterocycles. The highest BCUT2D eigenvalue weighted by Crippen LogP contribution is 2.25. The van der Waals surface area contributed by atoms with E-state index in [9.17, 15) is 5.11 Å². The molecule has 0 unspecified atom stereocenters. The molecule has 0 aliphatic carbocycles. The fourth-order valence-corrected chi connectivity index (χ4v) is 2.37. The van der Waals surface area contributed by atoms with Gasteiger partial charge in [-0.25, -0.2) is 0 Å². The molecule has 0 saturated carbocycles. The second-order valence-electron chi connectivity index (χ2n) is 5.90. The van der Waals surface area contributed by atoms with Crippen molar-refractivity contribution in [2.24, 2.45) is 0 Å². The summed E-state index contributed by atoms with van der Waals surface area (Å²) in [6.45, 7) is 16.8. The summed E-state index contributed by atoms with van der Waals surface area (Å²) in [6, 6.07) is 4.16. The minimum Gasteiger partial charge on any atom is -0.490 e. The Balaban J connectivity index is 2.59. The second-order valence-corrected chi connectivity index (χ2v) is 5.90. The molecule has 0 aliphatic heterocycles. The summed E-state index contributed by atoms with van der Waals surface area (Å²) in [5, 5.41) is 10.2. The quantitative estimate of drug-likeness (QED) is 0.746. The van der Waals surface area contributed by atoms with Crippen LogP contribution < -0.4 is 4.74 Å². The fraction of sp³-hybridized carbons (Fsp3) is 0.556. The Morgan fingerprint density at radius 1 is 1.29 bits per heavy atom. The molecule has 0 aromatic heterocycles. The zero-order chi connectivity index (χ0) is 16.0. The van der Waals surface area contributed by atoms with Crippen LogP contribution in [0.4, 0.5) is 0 Å².